The maximum absolute atomic E-state index is 4.36. The van der Waals surface area contributed by atoms with Crippen molar-refractivity contribution in [2.45, 2.75) is 6.54 Å². The van der Waals surface area contributed by atoms with Gasteiger partial charge in [0.2, 0.25) is 5.13 Å². The molecule has 0 atom stereocenters. The van der Waals surface area contributed by atoms with Gasteiger partial charge in [0.1, 0.15) is 12.7 Å². The van der Waals surface area contributed by atoms with Crippen LogP contribution in [-0.2, 0) is 6.54 Å². The molecule has 0 spiro atoms. The maximum atomic E-state index is 4.36. The standard InChI is InChI=1S/C7H9N5S/c1-8-2-6-3-13-7(11-6)12-5-9-4-10-12/h3-5,8H,2H2,1H3. The van der Waals surface area contributed by atoms with Crippen molar-refractivity contribution in [2.75, 3.05) is 7.05 Å². The van der Waals surface area contributed by atoms with Crippen molar-refractivity contribution in [2.24, 2.45) is 0 Å². The van der Waals surface area contributed by atoms with Gasteiger partial charge in [-0.15, -0.1) is 11.3 Å². The summed E-state index contributed by atoms with van der Waals surface area (Å²) in [6.45, 7) is 0.783. The molecule has 0 unspecified atom stereocenters. The second-order valence-corrected chi connectivity index (χ2v) is 3.33. The Hall–Kier alpha value is -1.27. The highest BCUT2D eigenvalue weighted by atomic mass is 32.1. The van der Waals surface area contributed by atoms with E-state index in [0.717, 1.165) is 17.4 Å². The van der Waals surface area contributed by atoms with Crippen LogP contribution in [0.3, 0.4) is 0 Å². The summed E-state index contributed by atoms with van der Waals surface area (Å²) in [7, 11) is 1.90. The molecule has 2 aromatic rings. The van der Waals surface area contributed by atoms with Gasteiger partial charge in [0.25, 0.3) is 0 Å². The molecule has 2 heterocycles. The van der Waals surface area contributed by atoms with Crippen LogP contribution in [0.4, 0.5) is 0 Å². The average Bonchev–Trinajstić information content (AvgIpc) is 2.70. The first kappa shape index (κ1) is 8.33. The lowest BCUT2D eigenvalue weighted by Gasteiger charge is -1.92. The summed E-state index contributed by atoms with van der Waals surface area (Å²) in [5.74, 6) is 0. The van der Waals surface area contributed by atoms with Gasteiger partial charge in [0, 0.05) is 11.9 Å². The van der Waals surface area contributed by atoms with E-state index in [2.05, 4.69) is 20.4 Å². The summed E-state index contributed by atoms with van der Waals surface area (Å²) in [4.78, 5) is 8.22. The van der Waals surface area contributed by atoms with Crippen LogP contribution >= 0.6 is 11.3 Å². The van der Waals surface area contributed by atoms with Gasteiger partial charge in [-0.3, -0.25) is 0 Å². The highest BCUT2D eigenvalue weighted by Crippen LogP contribution is 2.12. The van der Waals surface area contributed by atoms with E-state index in [4.69, 9.17) is 0 Å². The van der Waals surface area contributed by atoms with Crippen LogP contribution in [0.25, 0.3) is 5.13 Å². The summed E-state index contributed by atoms with van der Waals surface area (Å²) in [6, 6.07) is 0. The molecule has 0 saturated carbocycles. The van der Waals surface area contributed by atoms with E-state index in [0.29, 0.717) is 0 Å². The van der Waals surface area contributed by atoms with E-state index in [-0.39, 0.29) is 0 Å². The predicted molar refractivity (Wildman–Crippen MR) is 49.8 cm³/mol. The molecule has 0 aliphatic rings. The monoisotopic (exact) mass is 195 g/mol. The van der Waals surface area contributed by atoms with Crippen LogP contribution in [0.1, 0.15) is 5.69 Å². The molecule has 0 bridgehead atoms. The van der Waals surface area contributed by atoms with Crippen molar-refractivity contribution in [3.05, 3.63) is 23.7 Å². The Labute approximate surface area is 79.5 Å². The van der Waals surface area contributed by atoms with Crippen LogP contribution in [0, 0.1) is 0 Å². The second kappa shape index (κ2) is 3.63. The normalized spacial score (nSPS) is 10.5. The lowest BCUT2D eigenvalue weighted by molar-refractivity contribution is 0.784. The van der Waals surface area contributed by atoms with E-state index in [1.54, 1.807) is 22.3 Å². The first-order valence-corrected chi connectivity index (χ1v) is 4.72. The smallest absolute Gasteiger partial charge is 0.212 e. The molecule has 0 saturated heterocycles. The topological polar surface area (TPSA) is 55.6 Å². The number of rotatable bonds is 3. The van der Waals surface area contributed by atoms with Gasteiger partial charge in [0.15, 0.2) is 0 Å². The van der Waals surface area contributed by atoms with Gasteiger partial charge in [0.05, 0.1) is 5.69 Å². The number of hydrogen-bond acceptors (Lipinski definition) is 5. The van der Waals surface area contributed by atoms with Gasteiger partial charge < -0.3 is 5.32 Å². The maximum Gasteiger partial charge on any atom is 0.212 e. The fourth-order valence-electron chi connectivity index (χ4n) is 0.971. The van der Waals surface area contributed by atoms with Gasteiger partial charge >= 0.3 is 0 Å². The molecule has 2 rings (SSSR count). The molecule has 0 radical (unpaired) electrons. The number of nitrogens with zero attached hydrogens (tertiary/aromatic N) is 4. The van der Waals surface area contributed by atoms with E-state index in [1.807, 2.05) is 12.4 Å². The van der Waals surface area contributed by atoms with Gasteiger partial charge in [-0.25, -0.2) is 9.97 Å². The van der Waals surface area contributed by atoms with Gasteiger partial charge in [-0.05, 0) is 7.05 Å². The predicted octanol–water partition coefficient (Wildman–Crippen LogP) is 0.443. The minimum atomic E-state index is 0.783. The lowest BCUT2D eigenvalue weighted by atomic mass is 10.5. The fourth-order valence-corrected chi connectivity index (χ4v) is 1.72. The minimum Gasteiger partial charge on any atom is -0.314 e. The molecule has 5 nitrogen and oxygen atoms in total. The van der Waals surface area contributed by atoms with Crippen molar-refractivity contribution in [3.63, 3.8) is 0 Å². The first-order valence-electron chi connectivity index (χ1n) is 3.84. The van der Waals surface area contributed by atoms with Crippen LogP contribution in [-0.4, -0.2) is 26.8 Å². The zero-order valence-corrected chi connectivity index (χ0v) is 7.95. The summed E-state index contributed by atoms with van der Waals surface area (Å²) in [5.41, 5.74) is 1.03. The van der Waals surface area contributed by atoms with Crippen LogP contribution in [0.15, 0.2) is 18.0 Å². The number of hydrogen-bond donors (Lipinski definition) is 1. The highest BCUT2D eigenvalue weighted by Gasteiger charge is 2.02. The van der Waals surface area contributed by atoms with E-state index in [1.165, 1.54) is 6.33 Å². The number of aromatic nitrogens is 4. The Morgan fingerprint density at radius 3 is 3.23 bits per heavy atom. The third-order valence-corrected chi connectivity index (χ3v) is 2.39. The first-order chi connectivity index (χ1) is 6.40. The molecule has 6 heteroatoms. The summed E-state index contributed by atoms with van der Waals surface area (Å²) in [5, 5.41) is 9.89. The summed E-state index contributed by atoms with van der Waals surface area (Å²) in [6.07, 6.45) is 3.14. The molecule has 0 aliphatic carbocycles. The van der Waals surface area contributed by atoms with E-state index < -0.39 is 0 Å². The molecule has 68 valence electrons. The van der Waals surface area contributed by atoms with Crippen LogP contribution < -0.4 is 5.32 Å². The molecule has 0 aliphatic heterocycles. The van der Waals surface area contributed by atoms with Crippen molar-refractivity contribution in [1.82, 2.24) is 25.1 Å². The Bertz CT molecular complexity index is 366. The third-order valence-electron chi connectivity index (χ3n) is 1.51. The Kier molecular flexibility index (Phi) is 2.33. The van der Waals surface area contributed by atoms with E-state index >= 15 is 0 Å². The molecule has 0 fully saturated rings. The second-order valence-electron chi connectivity index (χ2n) is 2.49. The molecule has 1 N–H and O–H groups in total. The molecular formula is C7H9N5S. The van der Waals surface area contributed by atoms with Crippen LogP contribution in [0.5, 0.6) is 0 Å². The van der Waals surface area contributed by atoms with Crippen molar-refractivity contribution in [1.29, 1.82) is 0 Å². The minimum absolute atomic E-state index is 0.783. The summed E-state index contributed by atoms with van der Waals surface area (Å²) < 4.78 is 1.66. The van der Waals surface area contributed by atoms with Crippen molar-refractivity contribution < 1.29 is 0 Å². The highest BCUT2D eigenvalue weighted by molar-refractivity contribution is 7.12. The average molecular weight is 195 g/mol. The molecule has 0 aromatic carbocycles. The van der Waals surface area contributed by atoms with E-state index in [9.17, 15) is 0 Å². The Morgan fingerprint density at radius 1 is 1.62 bits per heavy atom. The molecular weight excluding hydrogens is 186 g/mol. The largest absolute Gasteiger partial charge is 0.314 e. The fraction of sp³-hybridized carbons (Fsp3) is 0.286. The Morgan fingerprint density at radius 2 is 2.54 bits per heavy atom. The summed E-state index contributed by atoms with van der Waals surface area (Å²) >= 11 is 1.56. The quantitative estimate of drug-likeness (QED) is 0.772. The number of thiazole rings is 1. The Balaban J connectivity index is 2.23. The molecule has 0 amide bonds. The molecule has 13 heavy (non-hydrogen) atoms. The lowest BCUT2D eigenvalue weighted by Crippen LogP contribution is -2.05. The zero-order valence-electron chi connectivity index (χ0n) is 7.14. The third kappa shape index (κ3) is 1.73. The van der Waals surface area contributed by atoms with Crippen molar-refractivity contribution >= 4 is 11.3 Å². The van der Waals surface area contributed by atoms with Gasteiger partial charge in [-0.2, -0.15) is 9.78 Å². The van der Waals surface area contributed by atoms with Gasteiger partial charge in [-0.1, -0.05) is 0 Å². The SMILES string of the molecule is CNCc1csc(-n2cncn2)n1. The van der Waals surface area contributed by atoms with Crippen molar-refractivity contribution in [3.8, 4) is 5.13 Å². The number of nitrogens with one attached hydrogen (secondary N) is 1. The molecule has 2 aromatic heterocycles. The van der Waals surface area contributed by atoms with Crippen LogP contribution in [0.2, 0.25) is 0 Å². The zero-order chi connectivity index (χ0) is 9.10.